The summed E-state index contributed by atoms with van der Waals surface area (Å²) in [6.45, 7) is 0. The van der Waals surface area contributed by atoms with E-state index in [1.807, 2.05) is 12.1 Å². The van der Waals surface area contributed by atoms with Crippen molar-refractivity contribution in [1.29, 1.82) is 0 Å². The molecular formula is C13H10N4O. The monoisotopic (exact) mass is 238 g/mol. The molecule has 5 heteroatoms. The first-order chi connectivity index (χ1) is 8.84. The Bertz CT molecular complexity index is 690. The molecule has 3 aromatic heterocycles. The van der Waals surface area contributed by atoms with Gasteiger partial charge in [0.25, 0.3) is 0 Å². The molecule has 0 saturated heterocycles. The van der Waals surface area contributed by atoms with Crippen LogP contribution in [0.2, 0.25) is 0 Å². The van der Waals surface area contributed by atoms with Gasteiger partial charge < -0.3 is 0 Å². The number of hydrogen-bond acceptors (Lipinski definition) is 4. The number of Topliss-reactive ketones (excluding diaryl/α,β-unsaturated/α-hetero) is 1. The largest absolute Gasteiger partial charge is 0.294 e. The minimum absolute atomic E-state index is 0.0194. The number of carbonyl (C=O) groups is 1. The van der Waals surface area contributed by atoms with E-state index >= 15 is 0 Å². The van der Waals surface area contributed by atoms with Gasteiger partial charge in [-0.3, -0.25) is 14.8 Å². The molecule has 18 heavy (non-hydrogen) atoms. The van der Waals surface area contributed by atoms with Crippen molar-refractivity contribution in [2.24, 2.45) is 0 Å². The molecule has 0 aliphatic heterocycles. The zero-order valence-corrected chi connectivity index (χ0v) is 9.52. The lowest BCUT2D eigenvalue weighted by Crippen LogP contribution is -2.03. The van der Waals surface area contributed by atoms with Gasteiger partial charge in [0.15, 0.2) is 5.78 Å². The number of pyridine rings is 1. The lowest BCUT2D eigenvalue weighted by atomic mass is 10.1. The van der Waals surface area contributed by atoms with Crippen LogP contribution in [0, 0.1) is 0 Å². The van der Waals surface area contributed by atoms with Gasteiger partial charge in [0.2, 0.25) is 0 Å². The molecule has 88 valence electrons. The third kappa shape index (κ3) is 1.86. The summed E-state index contributed by atoms with van der Waals surface area (Å²) in [5, 5.41) is 4.12. The van der Waals surface area contributed by atoms with Gasteiger partial charge in [-0.1, -0.05) is 6.07 Å². The molecule has 0 bridgehead atoms. The fourth-order valence-corrected chi connectivity index (χ4v) is 1.83. The number of hydrogen-bond donors (Lipinski definition) is 0. The van der Waals surface area contributed by atoms with E-state index in [0.29, 0.717) is 12.0 Å². The van der Waals surface area contributed by atoms with Crippen molar-refractivity contribution in [2.75, 3.05) is 0 Å². The van der Waals surface area contributed by atoms with Gasteiger partial charge in [0.05, 0.1) is 23.5 Å². The van der Waals surface area contributed by atoms with E-state index in [1.54, 1.807) is 41.7 Å². The summed E-state index contributed by atoms with van der Waals surface area (Å²) in [4.78, 5) is 20.2. The second kappa shape index (κ2) is 4.37. The van der Waals surface area contributed by atoms with E-state index in [1.165, 1.54) is 0 Å². The molecule has 0 saturated carbocycles. The molecule has 0 fully saturated rings. The maximum Gasteiger partial charge on any atom is 0.171 e. The van der Waals surface area contributed by atoms with Crippen molar-refractivity contribution in [3.63, 3.8) is 0 Å². The van der Waals surface area contributed by atoms with Gasteiger partial charge in [0.1, 0.15) is 0 Å². The topological polar surface area (TPSA) is 60.2 Å². The zero-order valence-electron chi connectivity index (χ0n) is 9.52. The predicted octanol–water partition coefficient (Wildman–Crippen LogP) is 1.55. The molecule has 3 heterocycles. The molecule has 0 N–H and O–H groups in total. The summed E-state index contributed by atoms with van der Waals surface area (Å²) in [5.74, 6) is 0.0194. The maximum atomic E-state index is 12.2. The molecular weight excluding hydrogens is 228 g/mol. The minimum atomic E-state index is 0.0194. The first kappa shape index (κ1) is 10.6. The van der Waals surface area contributed by atoms with Crippen LogP contribution in [0.5, 0.6) is 0 Å². The van der Waals surface area contributed by atoms with Gasteiger partial charge in [-0.15, -0.1) is 0 Å². The normalized spacial score (nSPS) is 10.7. The van der Waals surface area contributed by atoms with E-state index < -0.39 is 0 Å². The molecule has 0 radical (unpaired) electrons. The molecule has 0 spiro atoms. The number of fused-ring (bicyclic) bond motifs is 1. The van der Waals surface area contributed by atoms with Crippen molar-refractivity contribution in [2.45, 2.75) is 6.42 Å². The molecule has 3 rings (SSSR count). The van der Waals surface area contributed by atoms with Gasteiger partial charge in [-0.2, -0.15) is 5.10 Å². The quantitative estimate of drug-likeness (QED) is 0.649. The van der Waals surface area contributed by atoms with Gasteiger partial charge in [0, 0.05) is 31.2 Å². The number of nitrogens with zero attached hydrogens (tertiary/aromatic N) is 4. The van der Waals surface area contributed by atoms with Gasteiger partial charge in [-0.25, -0.2) is 4.52 Å². The second-order valence-corrected chi connectivity index (χ2v) is 3.93. The highest BCUT2D eigenvalue weighted by Crippen LogP contribution is 2.12. The third-order valence-corrected chi connectivity index (χ3v) is 2.71. The van der Waals surface area contributed by atoms with Crippen LogP contribution in [0.1, 0.15) is 15.9 Å². The van der Waals surface area contributed by atoms with Crippen LogP contribution >= 0.6 is 0 Å². The zero-order chi connectivity index (χ0) is 12.4. The third-order valence-electron chi connectivity index (χ3n) is 2.71. The standard InChI is InChI=1S/C13H10N4O/c18-13(6-10-2-1-3-14-7-10)11-8-16-17-5-4-15-9-12(11)17/h1-5,7-9H,6H2. The molecule has 0 unspecified atom stereocenters. The Hall–Kier alpha value is -2.56. The van der Waals surface area contributed by atoms with Crippen molar-refractivity contribution in [3.8, 4) is 0 Å². The lowest BCUT2D eigenvalue weighted by molar-refractivity contribution is 0.0994. The Morgan fingerprint density at radius 1 is 1.17 bits per heavy atom. The van der Waals surface area contributed by atoms with Crippen molar-refractivity contribution in [3.05, 3.63) is 60.4 Å². The van der Waals surface area contributed by atoms with Crippen LogP contribution < -0.4 is 0 Å². The Balaban J connectivity index is 1.93. The number of carbonyl (C=O) groups excluding carboxylic acids is 1. The fraction of sp³-hybridized carbons (Fsp3) is 0.0769. The molecule has 0 atom stereocenters. The average Bonchev–Trinajstić information content (AvgIpc) is 2.84. The summed E-state index contributed by atoms with van der Waals surface area (Å²) in [6.07, 6.45) is 10.3. The van der Waals surface area contributed by atoms with Crippen molar-refractivity contribution < 1.29 is 4.79 Å². The van der Waals surface area contributed by atoms with Crippen LogP contribution in [0.25, 0.3) is 5.52 Å². The summed E-state index contributed by atoms with van der Waals surface area (Å²) >= 11 is 0. The highest BCUT2D eigenvalue weighted by Gasteiger charge is 2.13. The molecule has 0 aliphatic rings. The van der Waals surface area contributed by atoms with Gasteiger partial charge in [-0.05, 0) is 11.6 Å². The van der Waals surface area contributed by atoms with Gasteiger partial charge >= 0.3 is 0 Å². The van der Waals surface area contributed by atoms with E-state index in [2.05, 4.69) is 15.1 Å². The van der Waals surface area contributed by atoms with Crippen LogP contribution in [-0.4, -0.2) is 25.4 Å². The average molecular weight is 238 g/mol. The Kier molecular flexibility index (Phi) is 2.57. The Labute approximate surface area is 103 Å². The van der Waals surface area contributed by atoms with Crippen molar-refractivity contribution in [1.82, 2.24) is 19.6 Å². The number of aromatic nitrogens is 4. The smallest absolute Gasteiger partial charge is 0.171 e. The minimum Gasteiger partial charge on any atom is -0.294 e. The summed E-state index contributed by atoms with van der Waals surface area (Å²) in [6, 6.07) is 3.70. The molecule has 0 aromatic carbocycles. The van der Waals surface area contributed by atoms with E-state index in [9.17, 15) is 4.79 Å². The predicted molar refractivity (Wildman–Crippen MR) is 65.3 cm³/mol. The highest BCUT2D eigenvalue weighted by molar-refractivity contribution is 6.03. The van der Waals surface area contributed by atoms with Crippen molar-refractivity contribution >= 4 is 11.3 Å². The molecule has 0 aliphatic carbocycles. The molecule has 5 nitrogen and oxygen atoms in total. The van der Waals surface area contributed by atoms with E-state index in [0.717, 1.165) is 11.1 Å². The second-order valence-electron chi connectivity index (χ2n) is 3.93. The summed E-state index contributed by atoms with van der Waals surface area (Å²) < 4.78 is 1.64. The summed E-state index contributed by atoms with van der Waals surface area (Å²) in [7, 11) is 0. The van der Waals surface area contributed by atoms with Crippen LogP contribution in [-0.2, 0) is 6.42 Å². The van der Waals surface area contributed by atoms with E-state index in [4.69, 9.17) is 0 Å². The SMILES string of the molecule is O=C(Cc1cccnc1)c1cnn2ccncc12. The van der Waals surface area contributed by atoms with Crippen LogP contribution in [0.4, 0.5) is 0 Å². The number of ketones is 1. The molecule has 0 amide bonds. The first-order valence-electron chi connectivity index (χ1n) is 5.54. The summed E-state index contributed by atoms with van der Waals surface area (Å²) in [5.41, 5.74) is 2.21. The highest BCUT2D eigenvalue weighted by atomic mass is 16.1. The van der Waals surface area contributed by atoms with Crippen LogP contribution in [0.15, 0.2) is 49.3 Å². The molecule has 3 aromatic rings. The number of rotatable bonds is 3. The fourth-order valence-electron chi connectivity index (χ4n) is 1.83. The lowest BCUT2D eigenvalue weighted by Gasteiger charge is -1.99. The Morgan fingerprint density at radius 2 is 2.06 bits per heavy atom. The Morgan fingerprint density at radius 3 is 2.89 bits per heavy atom. The first-order valence-corrected chi connectivity index (χ1v) is 5.54. The van der Waals surface area contributed by atoms with E-state index in [-0.39, 0.29) is 5.78 Å². The van der Waals surface area contributed by atoms with Crippen LogP contribution in [0.3, 0.4) is 0 Å². The maximum absolute atomic E-state index is 12.2.